The number of halogens is 1. The molecule has 1 unspecified atom stereocenters. The van der Waals surface area contributed by atoms with Crippen LogP contribution < -0.4 is 10.1 Å². The molecule has 0 aliphatic carbocycles. The molecule has 27 heavy (non-hydrogen) atoms. The molecule has 1 fully saturated rings. The quantitative estimate of drug-likeness (QED) is 0.733. The average Bonchev–Trinajstić information content (AvgIpc) is 2.66. The van der Waals surface area contributed by atoms with Crippen molar-refractivity contribution in [1.82, 2.24) is 15.1 Å². The third-order valence-electron chi connectivity index (χ3n) is 4.96. The van der Waals surface area contributed by atoms with Crippen LogP contribution in [0.2, 0.25) is 5.02 Å². The average molecular weight is 396 g/mol. The number of nitrogens with zero attached hydrogens (tertiary/aromatic N) is 2. The van der Waals surface area contributed by atoms with E-state index in [4.69, 9.17) is 16.3 Å². The van der Waals surface area contributed by atoms with Crippen LogP contribution in [-0.4, -0.2) is 67.5 Å². The maximum atomic E-state index is 12.5. The molecule has 1 aromatic rings. The lowest BCUT2D eigenvalue weighted by Gasteiger charge is -2.34. The highest BCUT2D eigenvalue weighted by atomic mass is 35.5. The number of aryl methyl sites for hydroxylation is 1. The Morgan fingerprint density at radius 2 is 1.96 bits per heavy atom. The Hall–Kier alpha value is -1.79. The van der Waals surface area contributed by atoms with E-state index in [0.717, 1.165) is 25.1 Å². The van der Waals surface area contributed by atoms with Crippen LogP contribution in [0.3, 0.4) is 0 Å². The molecular formula is C20H30ClN3O3. The zero-order valence-electron chi connectivity index (χ0n) is 16.5. The van der Waals surface area contributed by atoms with Crippen LogP contribution in [0.4, 0.5) is 0 Å². The van der Waals surface area contributed by atoms with Gasteiger partial charge in [0, 0.05) is 38.6 Å². The number of ether oxygens (including phenoxy) is 1. The number of carbonyl (C=O) groups is 2. The fourth-order valence-electron chi connectivity index (χ4n) is 3.06. The molecule has 7 heteroatoms. The Balaban J connectivity index is 1.73. The Labute approximate surface area is 166 Å². The summed E-state index contributed by atoms with van der Waals surface area (Å²) < 4.78 is 5.15. The molecule has 1 N–H and O–H groups in total. The Morgan fingerprint density at radius 1 is 1.26 bits per heavy atom. The van der Waals surface area contributed by atoms with Gasteiger partial charge in [-0.2, -0.15) is 0 Å². The van der Waals surface area contributed by atoms with Crippen molar-refractivity contribution in [2.45, 2.75) is 39.2 Å². The molecule has 2 rings (SSSR count). The topological polar surface area (TPSA) is 61.9 Å². The van der Waals surface area contributed by atoms with Gasteiger partial charge in [0.2, 0.25) is 11.8 Å². The van der Waals surface area contributed by atoms with Crippen LogP contribution in [-0.2, 0) is 16.0 Å². The predicted octanol–water partition coefficient (Wildman–Crippen LogP) is 2.34. The van der Waals surface area contributed by atoms with E-state index in [1.165, 1.54) is 0 Å². The summed E-state index contributed by atoms with van der Waals surface area (Å²) in [5, 5.41) is 3.54. The van der Waals surface area contributed by atoms with Gasteiger partial charge in [-0.15, -0.1) is 0 Å². The number of carbonyl (C=O) groups excluding carboxylic acids is 2. The molecule has 1 aliphatic rings. The van der Waals surface area contributed by atoms with Gasteiger partial charge in [-0.05, 0) is 37.5 Å². The van der Waals surface area contributed by atoms with Crippen LogP contribution in [0.25, 0.3) is 0 Å². The summed E-state index contributed by atoms with van der Waals surface area (Å²) in [6.07, 6.45) is 2.03. The van der Waals surface area contributed by atoms with Gasteiger partial charge in [-0.3, -0.25) is 14.5 Å². The van der Waals surface area contributed by atoms with Crippen LogP contribution in [0, 0.1) is 0 Å². The number of amides is 2. The maximum absolute atomic E-state index is 12.5. The molecule has 1 saturated heterocycles. The van der Waals surface area contributed by atoms with Crippen LogP contribution in [0.5, 0.6) is 5.75 Å². The van der Waals surface area contributed by atoms with Crippen molar-refractivity contribution in [2.75, 3.05) is 39.8 Å². The minimum absolute atomic E-state index is 0.0560. The van der Waals surface area contributed by atoms with Gasteiger partial charge in [-0.1, -0.05) is 24.6 Å². The monoisotopic (exact) mass is 395 g/mol. The van der Waals surface area contributed by atoms with E-state index < -0.39 is 0 Å². The summed E-state index contributed by atoms with van der Waals surface area (Å²) >= 11 is 6.13. The lowest BCUT2D eigenvalue weighted by Crippen LogP contribution is -2.51. The van der Waals surface area contributed by atoms with Crippen molar-refractivity contribution in [2.24, 2.45) is 0 Å². The highest BCUT2D eigenvalue weighted by Gasteiger charge is 2.22. The van der Waals surface area contributed by atoms with Crippen molar-refractivity contribution < 1.29 is 14.3 Å². The van der Waals surface area contributed by atoms with Crippen molar-refractivity contribution in [3.05, 3.63) is 28.8 Å². The number of piperazine rings is 1. The normalized spacial score (nSPS) is 16.1. The van der Waals surface area contributed by atoms with Gasteiger partial charge in [0.15, 0.2) is 0 Å². The first kappa shape index (κ1) is 21.5. The van der Waals surface area contributed by atoms with Crippen molar-refractivity contribution >= 4 is 23.4 Å². The number of methoxy groups -OCH3 is 1. The number of nitrogens with one attached hydrogen (secondary N) is 1. The smallest absolute Gasteiger partial charge is 0.234 e. The number of benzene rings is 1. The van der Waals surface area contributed by atoms with E-state index in [2.05, 4.69) is 17.1 Å². The predicted molar refractivity (Wildman–Crippen MR) is 107 cm³/mol. The highest BCUT2D eigenvalue weighted by Crippen LogP contribution is 2.25. The molecule has 2 amide bonds. The zero-order chi connectivity index (χ0) is 19.8. The molecule has 1 heterocycles. The summed E-state index contributed by atoms with van der Waals surface area (Å²) in [4.78, 5) is 28.4. The lowest BCUT2D eigenvalue weighted by atomic mass is 10.1. The molecule has 0 radical (unpaired) electrons. The van der Waals surface area contributed by atoms with Gasteiger partial charge < -0.3 is 15.0 Å². The second-order valence-corrected chi connectivity index (χ2v) is 7.41. The summed E-state index contributed by atoms with van der Waals surface area (Å²) in [6, 6.07) is 5.81. The molecule has 1 aliphatic heterocycles. The first-order valence-electron chi connectivity index (χ1n) is 9.54. The van der Waals surface area contributed by atoms with Gasteiger partial charge in [-0.25, -0.2) is 0 Å². The Morgan fingerprint density at radius 3 is 2.56 bits per heavy atom. The number of hydrogen-bond acceptors (Lipinski definition) is 4. The second kappa shape index (κ2) is 10.5. The molecule has 1 atom stereocenters. The molecule has 0 bridgehead atoms. The summed E-state index contributed by atoms with van der Waals surface area (Å²) in [5.74, 6) is 0.839. The molecule has 0 aromatic heterocycles. The Bertz CT molecular complexity index is 645. The fourth-order valence-corrected chi connectivity index (χ4v) is 3.34. The highest BCUT2D eigenvalue weighted by molar-refractivity contribution is 6.32. The van der Waals surface area contributed by atoms with Gasteiger partial charge in [0.05, 0.1) is 18.7 Å². The molecule has 1 aromatic carbocycles. The van der Waals surface area contributed by atoms with Gasteiger partial charge in [0.1, 0.15) is 5.75 Å². The molecule has 6 nitrogen and oxygen atoms in total. The van der Waals surface area contributed by atoms with Crippen molar-refractivity contribution in [3.8, 4) is 5.75 Å². The van der Waals surface area contributed by atoms with Crippen LogP contribution in [0.15, 0.2) is 18.2 Å². The molecule has 0 spiro atoms. The summed E-state index contributed by atoms with van der Waals surface area (Å²) in [7, 11) is 1.58. The maximum Gasteiger partial charge on any atom is 0.234 e. The van der Waals surface area contributed by atoms with E-state index >= 15 is 0 Å². The van der Waals surface area contributed by atoms with E-state index in [-0.39, 0.29) is 17.9 Å². The SMILES string of the molecule is CCC(C)NC(=O)CN1CCN(C(=O)CCc2ccc(OC)c(Cl)c2)CC1. The first-order valence-corrected chi connectivity index (χ1v) is 9.92. The van der Waals surface area contributed by atoms with Gasteiger partial charge >= 0.3 is 0 Å². The lowest BCUT2D eigenvalue weighted by molar-refractivity contribution is -0.133. The van der Waals surface area contributed by atoms with Crippen molar-refractivity contribution in [1.29, 1.82) is 0 Å². The standard InChI is InChI=1S/C20H30ClN3O3/c1-4-15(2)22-19(25)14-23-9-11-24(12-10-23)20(26)8-6-16-5-7-18(27-3)17(21)13-16/h5,7,13,15H,4,6,8-12,14H2,1-3H3,(H,22,25). The largest absolute Gasteiger partial charge is 0.495 e. The minimum Gasteiger partial charge on any atom is -0.495 e. The van der Waals surface area contributed by atoms with E-state index in [1.54, 1.807) is 7.11 Å². The number of rotatable bonds is 8. The van der Waals surface area contributed by atoms with E-state index in [0.29, 0.717) is 43.2 Å². The Kier molecular flexibility index (Phi) is 8.38. The zero-order valence-corrected chi connectivity index (χ0v) is 17.2. The van der Waals surface area contributed by atoms with E-state index in [1.807, 2.05) is 30.0 Å². The molecule has 0 saturated carbocycles. The fraction of sp³-hybridized carbons (Fsp3) is 0.600. The van der Waals surface area contributed by atoms with E-state index in [9.17, 15) is 9.59 Å². The van der Waals surface area contributed by atoms with Crippen LogP contribution >= 0.6 is 11.6 Å². The second-order valence-electron chi connectivity index (χ2n) is 7.00. The van der Waals surface area contributed by atoms with Gasteiger partial charge in [0.25, 0.3) is 0 Å². The summed E-state index contributed by atoms with van der Waals surface area (Å²) in [5.41, 5.74) is 1.02. The minimum atomic E-state index is 0.0560. The molecular weight excluding hydrogens is 366 g/mol. The summed E-state index contributed by atoms with van der Waals surface area (Å²) in [6.45, 7) is 7.25. The third kappa shape index (κ3) is 6.70. The molecule has 150 valence electrons. The first-order chi connectivity index (χ1) is 12.9. The van der Waals surface area contributed by atoms with Crippen LogP contribution in [0.1, 0.15) is 32.3 Å². The van der Waals surface area contributed by atoms with Crippen molar-refractivity contribution in [3.63, 3.8) is 0 Å². The number of hydrogen-bond donors (Lipinski definition) is 1. The third-order valence-corrected chi connectivity index (χ3v) is 5.25.